The number of aliphatic carboxylic acids is 1. The maximum Gasteiger partial charge on any atom is 0.407 e. The molecule has 0 aliphatic heterocycles. The van der Waals surface area contributed by atoms with Crippen LogP contribution in [0.25, 0.3) is 0 Å². The van der Waals surface area contributed by atoms with Gasteiger partial charge in [0.15, 0.2) is 0 Å². The van der Waals surface area contributed by atoms with Gasteiger partial charge < -0.3 is 20.9 Å². The number of amides is 1. The van der Waals surface area contributed by atoms with Gasteiger partial charge in [-0.3, -0.25) is 4.79 Å². The van der Waals surface area contributed by atoms with E-state index in [1.54, 1.807) is 0 Å². The lowest BCUT2D eigenvalue weighted by molar-refractivity contribution is -0.138. The summed E-state index contributed by atoms with van der Waals surface area (Å²) in [5.74, 6) is -0.988. The van der Waals surface area contributed by atoms with Crippen molar-refractivity contribution >= 4 is 12.1 Å². The number of carbonyl (C=O) groups is 2. The normalized spacial score (nSPS) is 21.7. The number of nitrogens with two attached hydrogens (primary N) is 1. The summed E-state index contributed by atoms with van der Waals surface area (Å²) in [6.07, 6.45) is 10.6. The van der Waals surface area contributed by atoms with Crippen molar-refractivity contribution in [1.82, 2.24) is 5.32 Å². The average molecular weight is 298 g/mol. The molecular formula is C15H26N2O4. The topological polar surface area (TPSA) is 102 Å². The van der Waals surface area contributed by atoms with Gasteiger partial charge in [0.05, 0.1) is 0 Å². The highest BCUT2D eigenvalue weighted by Crippen LogP contribution is 2.14. The van der Waals surface area contributed by atoms with Gasteiger partial charge in [-0.25, -0.2) is 4.79 Å². The van der Waals surface area contributed by atoms with Crippen LogP contribution >= 0.6 is 0 Å². The molecule has 0 aromatic carbocycles. The Morgan fingerprint density at radius 1 is 1.33 bits per heavy atom. The quantitative estimate of drug-likeness (QED) is 0.494. The second kappa shape index (κ2) is 10.2. The fourth-order valence-corrected chi connectivity index (χ4v) is 2.21. The van der Waals surface area contributed by atoms with E-state index in [-0.39, 0.29) is 6.10 Å². The van der Waals surface area contributed by atoms with E-state index in [9.17, 15) is 9.59 Å². The molecule has 120 valence electrons. The van der Waals surface area contributed by atoms with E-state index in [1.807, 2.05) is 6.08 Å². The van der Waals surface area contributed by atoms with E-state index in [0.29, 0.717) is 25.8 Å². The van der Waals surface area contributed by atoms with Crippen molar-refractivity contribution in [2.45, 2.75) is 63.5 Å². The van der Waals surface area contributed by atoms with E-state index >= 15 is 0 Å². The Kier molecular flexibility index (Phi) is 8.50. The van der Waals surface area contributed by atoms with Gasteiger partial charge in [0.1, 0.15) is 12.1 Å². The fourth-order valence-electron chi connectivity index (χ4n) is 2.21. The van der Waals surface area contributed by atoms with Gasteiger partial charge in [-0.15, -0.1) is 0 Å². The molecule has 0 saturated heterocycles. The molecule has 0 bridgehead atoms. The third-order valence-electron chi connectivity index (χ3n) is 3.50. The maximum absolute atomic E-state index is 11.6. The van der Waals surface area contributed by atoms with Crippen molar-refractivity contribution < 1.29 is 19.4 Å². The molecule has 6 nitrogen and oxygen atoms in total. The summed E-state index contributed by atoms with van der Waals surface area (Å²) >= 11 is 0. The molecule has 0 saturated carbocycles. The summed E-state index contributed by atoms with van der Waals surface area (Å²) in [6.45, 7) is 0.474. The third kappa shape index (κ3) is 8.34. The van der Waals surface area contributed by atoms with Crippen molar-refractivity contribution in [2.75, 3.05) is 6.54 Å². The van der Waals surface area contributed by atoms with Crippen LogP contribution < -0.4 is 11.1 Å². The zero-order valence-corrected chi connectivity index (χ0v) is 12.4. The van der Waals surface area contributed by atoms with Gasteiger partial charge in [-0.1, -0.05) is 12.5 Å². The molecule has 1 rings (SSSR count). The van der Waals surface area contributed by atoms with Gasteiger partial charge in [-0.2, -0.15) is 0 Å². The lowest BCUT2D eigenvalue weighted by Crippen LogP contribution is -2.31. The van der Waals surface area contributed by atoms with Crippen molar-refractivity contribution in [2.24, 2.45) is 5.73 Å². The Labute approximate surface area is 125 Å². The second-order valence-electron chi connectivity index (χ2n) is 5.38. The van der Waals surface area contributed by atoms with Crippen molar-refractivity contribution in [3.63, 3.8) is 0 Å². The lowest BCUT2D eigenvalue weighted by atomic mass is 10.0. The molecule has 1 aliphatic carbocycles. The van der Waals surface area contributed by atoms with Crippen molar-refractivity contribution in [1.29, 1.82) is 0 Å². The Bertz CT molecular complexity index is 358. The van der Waals surface area contributed by atoms with Crippen LogP contribution in [0.4, 0.5) is 4.79 Å². The SMILES string of the molecule is NC(CCCCNC(=O)OC1/C=C/CCCCC1)C(=O)O. The van der Waals surface area contributed by atoms with Gasteiger partial charge in [0.2, 0.25) is 0 Å². The van der Waals surface area contributed by atoms with Crippen LogP contribution in [0.1, 0.15) is 51.4 Å². The standard InChI is InChI=1S/C15H26N2O4/c16-13(14(18)19)10-6-7-11-17-15(20)21-12-8-4-2-1-3-5-9-12/h4,8,12-13H,1-3,5-7,9-11,16H2,(H,17,20)(H,18,19)/b8-4+. The summed E-state index contributed by atoms with van der Waals surface area (Å²) in [7, 11) is 0. The minimum Gasteiger partial charge on any atom is -0.480 e. The van der Waals surface area contributed by atoms with Gasteiger partial charge >= 0.3 is 12.1 Å². The minimum atomic E-state index is -0.988. The monoisotopic (exact) mass is 298 g/mol. The van der Waals surface area contributed by atoms with Gasteiger partial charge in [-0.05, 0) is 51.0 Å². The molecule has 0 aromatic rings. The zero-order valence-electron chi connectivity index (χ0n) is 12.4. The number of alkyl carbamates (subject to hydrolysis) is 1. The van der Waals surface area contributed by atoms with E-state index in [0.717, 1.165) is 19.3 Å². The first-order valence-electron chi connectivity index (χ1n) is 7.69. The van der Waals surface area contributed by atoms with Crippen LogP contribution in [0.15, 0.2) is 12.2 Å². The summed E-state index contributed by atoms with van der Waals surface area (Å²) in [6, 6.07) is -0.822. The van der Waals surface area contributed by atoms with Crippen molar-refractivity contribution in [3.8, 4) is 0 Å². The Balaban J connectivity index is 2.10. The Morgan fingerprint density at radius 2 is 2.14 bits per heavy atom. The maximum atomic E-state index is 11.6. The van der Waals surface area contributed by atoms with Crippen LogP contribution in [-0.2, 0) is 9.53 Å². The first-order chi connectivity index (χ1) is 10.1. The molecule has 4 N–H and O–H groups in total. The van der Waals surface area contributed by atoms with E-state index < -0.39 is 18.1 Å². The third-order valence-corrected chi connectivity index (χ3v) is 3.50. The van der Waals surface area contributed by atoms with Gasteiger partial charge in [0, 0.05) is 6.54 Å². The molecule has 0 radical (unpaired) electrons. The predicted octanol–water partition coefficient (Wildman–Crippen LogP) is 2.18. The molecule has 0 fully saturated rings. The summed E-state index contributed by atoms with van der Waals surface area (Å²) < 4.78 is 5.34. The molecule has 1 aliphatic rings. The fraction of sp³-hybridized carbons (Fsp3) is 0.733. The van der Waals surface area contributed by atoms with E-state index in [1.165, 1.54) is 12.8 Å². The number of carboxylic acids is 1. The molecule has 0 heterocycles. The number of rotatable bonds is 7. The number of nitrogens with one attached hydrogen (secondary N) is 1. The number of carboxylic acid groups (broad SMARTS) is 1. The highest BCUT2D eigenvalue weighted by atomic mass is 16.6. The number of carbonyl (C=O) groups excluding carboxylic acids is 1. The molecule has 2 unspecified atom stereocenters. The molecule has 21 heavy (non-hydrogen) atoms. The Morgan fingerprint density at radius 3 is 2.90 bits per heavy atom. The number of allylic oxidation sites excluding steroid dienone is 1. The average Bonchev–Trinajstić information content (AvgIpc) is 2.41. The number of unbranched alkanes of at least 4 members (excludes halogenated alkanes) is 1. The largest absolute Gasteiger partial charge is 0.480 e. The molecule has 1 amide bonds. The zero-order chi connectivity index (χ0) is 15.5. The number of hydrogen-bond donors (Lipinski definition) is 3. The summed E-state index contributed by atoms with van der Waals surface area (Å²) in [4.78, 5) is 22.2. The van der Waals surface area contributed by atoms with E-state index in [4.69, 9.17) is 15.6 Å². The smallest absolute Gasteiger partial charge is 0.407 e. The highest BCUT2D eigenvalue weighted by Gasteiger charge is 2.13. The van der Waals surface area contributed by atoms with Crippen LogP contribution in [0.2, 0.25) is 0 Å². The lowest BCUT2D eigenvalue weighted by Gasteiger charge is -2.16. The molecule has 6 heteroatoms. The molecular weight excluding hydrogens is 272 g/mol. The second-order valence-corrected chi connectivity index (χ2v) is 5.38. The molecule has 0 aromatic heterocycles. The molecule has 0 spiro atoms. The summed E-state index contributed by atoms with van der Waals surface area (Å²) in [5.41, 5.74) is 5.39. The number of ether oxygens (including phenoxy) is 1. The highest BCUT2D eigenvalue weighted by molar-refractivity contribution is 5.72. The first-order valence-corrected chi connectivity index (χ1v) is 7.69. The predicted molar refractivity (Wildman–Crippen MR) is 80.0 cm³/mol. The van der Waals surface area contributed by atoms with Crippen LogP contribution in [0.3, 0.4) is 0 Å². The van der Waals surface area contributed by atoms with E-state index in [2.05, 4.69) is 11.4 Å². The Hall–Kier alpha value is -1.56. The van der Waals surface area contributed by atoms with Crippen LogP contribution in [0.5, 0.6) is 0 Å². The van der Waals surface area contributed by atoms with Crippen molar-refractivity contribution in [3.05, 3.63) is 12.2 Å². The van der Waals surface area contributed by atoms with Crippen LogP contribution in [-0.4, -0.2) is 35.9 Å². The summed E-state index contributed by atoms with van der Waals surface area (Å²) in [5, 5.41) is 11.3. The molecule has 2 atom stereocenters. The number of hydrogen-bond acceptors (Lipinski definition) is 4. The minimum absolute atomic E-state index is 0.134. The van der Waals surface area contributed by atoms with Crippen LogP contribution in [0, 0.1) is 0 Å². The van der Waals surface area contributed by atoms with Gasteiger partial charge in [0.25, 0.3) is 0 Å². The first kappa shape index (κ1) is 17.5.